The number of H-pyrrole nitrogens is 2. The lowest BCUT2D eigenvalue weighted by atomic mass is 10.1. The lowest BCUT2D eigenvalue weighted by Gasteiger charge is -2.06. The van der Waals surface area contributed by atoms with Crippen LogP contribution in [-0.4, -0.2) is 33.0 Å². The predicted molar refractivity (Wildman–Crippen MR) is 135 cm³/mol. The van der Waals surface area contributed by atoms with Crippen LogP contribution < -0.4 is 10.6 Å². The Bertz CT molecular complexity index is 1370. The number of aromatic nitrogens is 4. The van der Waals surface area contributed by atoms with E-state index < -0.39 is 0 Å². The summed E-state index contributed by atoms with van der Waals surface area (Å²) < 4.78 is 0. The largest absolute Gasteiger partial charge is 0.341 e. The Morgan fingerprint density at radius 2 is 1.47 bits per heavy atom. The van der Waals surface area contributed by atoms with Crippen molar-refractivity contribution in [2.75, 3.05) is 13.1 Å². The summed E-state index contributed by atoms with van der Waals surface area (Å²) in [6.45, 7) is 6.65. The molecule has 2 aromatic carbocycles. The van der Waals surface area contributed by atoms with Crippen LogP contribution in [0.5, 0.6) is 0 Å². The molecule has 2 fully saturated rings. The van der Waals surface area contributed by atoms with Gasteiger partial charge in [0, 0.05) is 11.1 Å². The number of nitrogens with zero attached hydrogens (tertiary/aromatic N) is 2. The van der Waals surface area contributed by atoms with Crippen LogP contribution in [-0.2, 0) is 0 Å². The molecule has 2 aliphatic rings. The van der Waals surface area contributed by atoms with Crippen LogP contribution in [0, 0.1) is 23.7 Å². The minimum Gasteiger partial charge on any atom is -0.341 e. The zero-order valence-corrected chi connectivity index (χ0v) is 19.7. The van der Waals surface area contributed by atoms with Crippen LogP contribution in [0.15, 0.2) is 48.7 Å². The van der Waals surface area contributed by atoms with Gasteiger partial charge in [0.1, 0.15) is 11.6 Å². The quantitative estimate of drug-likeness (QED) is 0.341. The minimum absolute atomic E-state index is 0.319. The van der Waals surface area contributed by atoms with E-state index in [2.05, 4.69) is 87.7 Å². The molecule has 0 bridgehead atoms. The van der Waals surface area contributed by atoms with Crippen molar-refractivity contribution in [3.63, 3.8) is 0 Å². The van der Waals surface area contributed by atoms with Crippen LogP contribution in [0.4, 0.5) is 0 Å². The number of hydrogen-bond acceptors (Lipinski definition) is 4. The third kappa shape index (κ3) is 4.25. The maximum Gasteiger partial charge on any atom is 0.124 e. The first-order valence-corrected chi connectivity index (χ1v) is 12.2. The van der Waals surface area contributed by atoms with E-state index in [0.29, 0.717) is 23.9 Å². The number of aromatic amines is 2. The van der Waals surface area contributed by atoms with Gasteiger partial charge >= 0.3 is 0 Å². The summed E-state index contributed by atoms with van der Waals surface area (Å²) in [6, 6.07) is 15.2. The van der Waals surface area contributed by atoms with E-state index in [1.165, 1.54) is 0 Å². The Labute approximate surface area is 200 Å². The molecule has 4 N–H and O–H groups in total. The average Bonchev–Trinajstić information content (AvgIpc) is 3.64. The number of benzene rings is 2. The molecule has 34 heavy (non-hydrogen) atoms. The summed E-state index contributed by atoms with van der Waals surface area (Å²) in [5.74, 6) is 10.0. The molecule has 4 heterocycles. The van der Waals surface area contributed by atoms with Gasteiger partial charge < -0.3 is 20.6 Å². The van der Waals surface area contributed by atoms with Crippen molar-refractivity contribution in [3.05, 3.63) is 71.4 Å². The topological polar surface area (TPSA) is 81.4 Å². The van der Waals surface area contributed by atoms with Gasteiger partial charge in [-0.25, -0.2) is 9.97 Å². The highest BCUT2D eigenvalue weighted by Crippen LogP contribution is 2.28. The molecule has 0 radical (unpaired) electrons. The third-order valence-corrected chi connectivity index (χ3v) is 7.00. The summed E-state index contributed by atoms with van der Waals surface area (Å²) in [4.78, 5) is 16.4. The summed E-state index contributed by atoms with van der Waals surface area (Å²) in [6.07, 6.45) is 4.18. The minimum atomic E-state index is 0.319. The monoisotopic (exact) mass is 450 g/mol. The predicted octanol–water partition coefficient (Wildman–Crippen LogP) is 4.69. The first kappa shape index (κ1) is 21.2. The average molecular weight is 451 g/mol. The second kappa shape index (κ2) is 8.75. The van der Waals surface area contributed by atoms with Crippen molar-refractivity contribution in [2.24, 2.45) is 11.8 Å². The highest BCUT2D eigenvalue weighted by Gasteiger charge is 2.25. The zero-order chi connectivity index (χ0) is 23.1. The lowest BCUT2D eigenvalue weighted by Crippen LogP contribution is -2.14. The summed E-state index contributed by atoms with van der Waals surface area (Å²) in [7, 11) is 0. The van der Waals surface area contributed by atoms with Crippen LogP contribution in [0.3, 0.4) is 0 Å². The Kier molecular flexibility index (Phi) is 5.44. The van der Waals surface area contributed by atoms with Crippen LogP contribution in [0.2, 0.25) is 0 Å². The Hall–Kier alpha value is -3.40. The molecule has 0 unspecified atom stereocenters. The van der Waals surface area contributed by atoms with E-state index in [1.807, 2.05) is 12.3 Å². The van der Waals surface area contributed by atoms with Crippen molar-refractivity contribution in [1.82, 2.24) is 30.6 Å². The molecular weight excluding hydrogens is 420 g/mol. The number of fused-ring (bicyclic) bond motifs is 1. The van der Waals surface area contributed by atoms with E-state index in [9.17, 15) is 0 Å². The first-order chi connectivity index (χ1) is 16.6. The number of hydrogen-bond donors (Lipinski definition) is 4. The second-order valence-corrected chi connectivity index (χ2v) is 9.97. The van der Waals surface area contributed by atoms with Gasteiger partial charge in [-0.05, 0) is 73.7 Å². The summed E-state index contributed by atoms with van der Waals surface area (Å²) in [5, 5.41) is 7.08. The molecule has 2 aliphatic heterocycles. The van der Waals surface area contributed by atoms with E-state index >= 15 is 0 Å². The maximum atomic E-state index is 4.78. The van der Waals surface area contributed by atoms with Gasteiger partial charge in [-0.3, -0.25) is 0 Å². The van der Waals surface area contributed by atoms with Gasteiger partial charge in [-0.15, -0.1) is 0 Å². The standard InChI is InChI=1S/C28H30N6/c1-17-11-24(29-14-17)27-31-16-26(34-27)21-8-5-19(6-9-21)3-4-20-7-10-22-23(13-20)33-28(32-22)25-12-18(2)15-30-25/h5-10,13,16-18,24-25,29-30H,11-12,14-15H2,1-2H3,(H,31,34)(H,32,33)/t17-,18-,24-,25-/m0/s1. The first-order valence-electron chi connectivity index (χ1n) is 12.2. The molecular formula is C28H30N6. The molecule has 2 aromatic heterocycles. The molecule has 0 aliphatic carbocycles. The van der Waals surface area contributed by atoms with Crippen LogP contribution >= 0.6 is 0 Å². The van der Waals surface area contributed by atoms with Crippen LogP contribution in [0.1, 0.15) is 61.5 Å². The molecule has 6 rings (SSSR count). The maximum absolute atomic E-state index is 4.78. The number of nitrogens with one attached hydrogen (secondary N) is 4. The molecule has 6 heteroatoms. The van der Waals surface area contributed by atoms with Gasteiger partial charge in [-0.1, -0.05) is 37.8 Å². The summed E-state index contributed by atoms with van der Waals surface area (Å²) in [5.41, 5.74) is 6.17. The number of rotatable bonds is 3. The second-order valence-electron chi connectivity index (χ2n) is 9.97. The van der Waals surface area contributed by atoms with Crippen molar-refractivity contribution in [2.45, 2.75) is 38.8 Å². The third-order valence-electron chi connectivity index (χ3n) is 7.00. The smallest absolute Gasteiger partial charge is 0.124 e. The molecule has 172 valence electrons. The molecule has 2 saturated heterocycles. The molecule has 4 atom stereocenters. The molecule has 0 saturated carbocycles. The molecule has 0 spiro atoms. The fraction of sp³-hybridized carbons (Fsp3) is 0.357. The van der Waals surface area contributed by atoms with Crippen molar-refractivity contribution < 1.29 is 0 Å². The molecule has 4 aromatic rings. The number of imidazole rings is 2. The van der Waals surface area contributed by atoms with Crippen molar-refractivity contribution >= 4 is 11.0 Å². The van der Waals surface area contributed by atoms with E-state index in [-0.39, 0.29) is 0 Å². The lowest BCUT2D eigenvalue weighted by molar-refractivity contribution is 0.588. The molecule has 6 nitrogen and oxygen atoms in total. The Morgan fingerprint density at radius 3 is 2.18 bits per heavy atom. The van der Waals surface area contributed by atoms with Gasteiger partial charge in [0.2, 0.25) is 0 Å². The Balaban J connectivity index is 1.16. The van der Waals surface area contributed by atoms with Crippen molar-refractivity contribution in [1.29, 1.82) is 0 Å². The normalized spacial score (nSPS) is 24.4. The van der Waals surface area contributed by atoms with E-state index in [0.717, 1.165) is 71.0 Å². The van der Waals surface area contributed by atoms with Gasteiger partial charge in [-0.2, -0.15) is 0 Å². The zero-order valence-electron chi connectivity index (χ0n) is 19.7. The van der Waals surface area contributed by atoms with Crippen LogP contribution in [0.25, 0.3) is 22.3 Å². The summed E-state index contributed by atoms with van der Waals surface area (Å²) >= 11 is 0. The van der Waals surface area contributed by atoms with Gasteiger partial charge in [0.05, 0.1) is 35.0 Å². The van der Waals surface area contributed by atoms with E-state index in [1.54, 1.807) is 0 Å². The Morgan fingerprint density at radius 1 is 0.794 bits per heavy atom. The van der Waals surface area contributed by atoms with Gasteiger partial charge in [0.25, 0.3) is 0 Å². The van der Waals surface area contributed by atoms with Crippen molar-refractivity contribution in [3.8, 4) is 23.1 Å². The molecule has 0 amide bonds. The SMILES string of the molecule is C[C@@H]1CN[C@H](c2ncc(-c3ccc(C#Cc4ccc5nc([C@@H]6C[C@H](C)CN6)[nH]c5c4)cc3)[nH]2)C1. The fourth-order valence-electron chi connectivity index (χ4n) is 5.05. The van der Waals surface area contributed by atoms with E-state index in [4.69, 9.17) is 4.98 Å². The highest BCUT2D eigenvalue weighted by atomic mass is 15.1. The fourth-order valence-corrected chi connectivity index (χ4v) is 5.05. The highest BCUT2D eigenvalue weighted by molar-refractivity contribution is 5.77. The van der Waals surface area contributed by atoms with Gasteiger partial charge in [0.15, 0.2) is 0 Å².